The lowest BCUT2D eigenvalue weighted by Crippen LogP contribution is -2.03. The Labute approximate surface area is 290 Å². The molecule has 236 valence electrons. The zero-order chi connectivity index (χ0) is 33.9. The van der Waals surface area contributed by atoms with E-state index < -0.39 is 0 Å². The van der Waals surface area contributed by atoms with E-state index in [1.807, 2.05) is 48.6 Å². The molecule has 2 unspecified atom stereocenters. The maximum absolute atomic E-state index is 4.37. The molecule has 2 atom stereocenters. The van der Waals surface area contributed by atoms with Crippen LogP contribution in [-0.2, 0) is 6.42 Å². The van der Waals surface area contributed by atoms with E-state index in [1.54, 1.807) is 0 Å². The van der Waals surface area contributed by atoms with Crippen molar-refractivity contribution in [3.8, 4) is 35.1 Å². The molecule has 0 amide bonds. The summed E-state index contributed by atoms with van der Waals surface area (Å²) in [6.45, 7) is 12.9. The van der Waals surface area contributed by atoms with Gasteiger partial charge < -0.3 is 4.57 Å². The van der Waals surface area contributed by atoms with Gasteiger partial charge in [0, 0.05) is 22.6 Å². The largest absolute Gasteiger partial charge is 0.313 e. The number of rotatable bonds is 4. The summed E-state index contributed by atoms with van der Waals surface area (Å²) < 4.78 is 2.42. The highest BCUT2D eigenvalue weighted by molar-refractivity contribution is 5.99. The van der Waals surface area contributed by atoms with Crippen LogP contribution in [0.25, 0.3) is 56.6 Å². The van der Waals surface area contributed by atoms with Gasteiger partial charge in [0.15, 0.2) is 0 Å². The SMILES string of the molecule is C#C.C=Cc1c(C=C)n(/C2=C/C=C\C(=C)c3ccccc3C3CC23)c2ccc(-c3ccc4c(c3)-c3ccccc3C4)cc12.c1ccccc1. The molecule has 9 rings (SSSR count). The van der Waals surface area contributed by atoms with Gasteiger partial charge in [0.2, 0.25) is 0 Å². The average molecular weight is 630 g/mol. The van der Waals surface area contributed by atoms with E-state index in [0.29, 0.717) is 11.8 Å². The molecule has 1 nitrogen and oxygen atoms in total. The number of aromatic nitrogens is 1. The normalized spacial score (nSPS) is 18.1. The summed E-state index contributed by atoms with van der Waals surface area (Å²) in [5, 5.41) is 1.21. The van der Waals surface area contributed by atoms with Crippen molar-refractivity contribution >= 4 is 34.3 Å². The molecule has 0 spiro atoms. The van der Waals surface area contributed by atoms with Gasteiger partial charge in [-0.05, 0) is 99.2 Å². The molecule has 0 N–H and O–H groups in total. The molecule has 0 radical (unpaired) electrons. The monoisotopic (exact) mass is 629 g/mol. The number of benzene rings is 5. The fourth-order valence-corrected chi connectivity index (χ4v) is 7.59. The molecule has 1 heteroatoms. The van der Waals surface area contributed by atoms with Gasteiger partial charge >= 0.3 is 0 Å². The second-order valence-electron chi connectivity index (χ2n) is 12.6. The third-order valence-electron chi connectivity index (χ3n) is 9.94. The molecule has 3 aliphatic rings. The molecule has 6 aromatic rings. The molecule has 3 aliphatic carbocycles. The number of hydrogen-bond acceptors (Lipinski definition) is 0. The molecule has 49 heavy (non-hydrogen) atoms. The predicted octanol–water partition coefficient (Wildman–Crippen LogP) is 12.3. The summed E-state index contributed by atoms with van der Waals surface area (Å²) in [4.78, 5) is 0. The van der Waals surface area contributed by atoms with Crippen LogP contribution in [-0.4, -0.2) is 4.57 Å². The van der Waals surface area contributed by atoms with E-state index in [1.165, 1.54) is 61.1 Å². The molecule has 1 heterocycles. The van der Waals surface area contributed by atoms with E-state index in [2.05, 4.69) is 140 Å². The summed E-state index contributed by atoms with van der Waals surface area (Å²) >= 11 is 0. The Hall–Kier alpha value is -6.10. The van der Waals surface area contributed by atoms with Crippen molar-refractivity contribution in [1.82, 2.24) is 4.57 Å². The van der Waals surface area contributed by atoms with Crippen LogP contribution in [0.5, 0.6) is 0 Å². The highest BCUT2D eigenvalue weighted by atomic mass is 15.0. The minimum atomic E-state index is 0.440. The minimum Gasteiger partial charge on any atom is -0.313 e. The molecule has 1 fully saturated rings. The van der Waals surface area contributed by atoms with Crippen LogP contribution in [0.4, 0.5) is 0 Å². The van der Waals surface area contributed by atoms with E-state index in [0.717, 1.165) is 29.7 Å². The van der Waals surface area contributed by atoms with Gasteiger partial charge in [-0.15, -0.1) is 12.8 Å². The van der Waals surface area contributed by atoms with Crippen LogP contribution in [0.2, 0.25) is 0 Å². The lowest BCUT2D eigenvalue weighted by atomic mass is 9.96. The number of nitrogens with zero attached hydrogens (tertiary/aromatic N) is 1. The maximum Gasteiger partial charge on any atom is 0.0538 e. The lowest BCUT2D eigenvalue weighted by molar-refractivity contribution is 0.939. The highest BCUT2D eigenvalue weighted by Crippen LogP contribution is 2.56. The van der Waals surface area contributed by atoms with Crippen molar-refractivity contribution < 1.29 is 0 Å². The molecule has 0 aliphatic heterocycles. The Morgan fingerprint density at radius 1 is 0.653 bits per heavy atom. The maximum atomic E-state index is 4.37. The molecule has 1 aromatic heterocycles. The summed E-state index contributed by atoms with van der Waals surface area (Å²) in [5.74, 6) is 0.931. The summed E-state index contributed by atoms with van der Waals surface area (Å²) in [5.41, 5.74) is 16.5. The van der Waals surface area contributed by atoms with E-state index in [9.17, 15) is 0 Å². The first kappa shape index (κ1) is 31.5. The molecular weight excluding hydrogens is 591 g/mol. The van der Waals surface area contributed by atoms with E-state index in [-0.39, 0.29) is 0 Å². The van der Waals surface area contributed by atoms with E-state index in [4.69, 9.17) is 0 Å². The highest BCUT2D eigenvalue weighted by Gasteiger charge is 2.43. The lowest BCUT2D eigenvalue weighted by Gasteiger charge is -2.15. The zero-order valence-corrected chi connectivity index (χ0v) is 27.7. The van der Waals surface area contributed by atoms with Crippen LogP contribution in [0.15, 0.2) is 159 Å². The first-order valence-electron chi connectivity index (χ1n) is 16.8. The van der Waals surface area contributed by atoms with Gasteiger partial charge in [-0.25, -0.2) is 0 Å². The predicted molar refractivity (Wildman–Crippen MR) is 212 cm³/mol. The Kier molecular flexibility index (Phi) is 8.72. The Morgan fingerprint density at radius 2 is 1.31 bits per heavy atom. The van der Waals surface area contributed by atoms with Gasteiger partial charge in [0.1, 0.15) is 0 Å². The quantitative estimate of drug-likeness (QED) is 0.171. The molecule has 1 saturated carbocycles. The van der Waals surface area contributed by atoms with Gasteiger partial charge in [0.25, 0.3) is 0 Å². The smallest absolute Gasteiger partial charge is 0.0538 e. The average Bonchev–Trinajstić information content (AvgIpc) is 3.76. The number of allylic oxidation sites excluding steroid dienone is 5. The Balaban J connectivity index is 0.000000424. The van der Waals surface area contributed by atoms with Crippen molar-refractivity contribution in [3.63, 3.8) is 0 Å². The van der Waals surface area contributed by atoms with Crippen molar-refractivity contribution in [2.45, 2.75) is 18.8 Å². The summed E-state index contributed by atoms with van der Waals surface area (Å²) in [6.07, 6.45) is 20.7. The van der Waals surface area contributed by atoms with Gasteiger partial charge in [-0.3, -0.25) is 0 Å². The van der Waals surface area contributed by atoms with Crippen LogP contribution < -0.4 is 0 Å². The van der Waals surface area contributed by atoms with Gasteiger partial charge in [-0.1, -0.05) is 141 Å². The third kappa shape index (κ3) is 5.73. The molecular formula is C48H39N. The number of fused-ring (bicyclic) bond motifs is 7. The number of hydrogen-bond donors (Lipinski definition) is 0. The first-order valence-corrected chi connectivity index (χ1v) is 16.8. The second-order valence-corrected chi connectivity index (χ2v) is 12.6. The van der Waals surface area contributed by atoms with Crippen molar-refractivity contribution in [2.75, 3.05) is 0 Å². The third-order valence-corrected chi connectivity index (χ3v) is 9.94. The van der Waals surface area contributed by atoms with E-state index >= 15 is 0 Å². The van der Waals surface area contributed by atoms with Crippen LogP contribution in [0.3, 0.4) is 0 Å². The fourth-order valence-electron chi connectivity index (χ4n) is 7.59. The van der Waals surface area contributed by atoms with Crippen molar-refractivity contribution in [2.24, 2.45) is 5.92 Å². The molecule has 0 bridgehead atoms. The standard InChI is InChI=1S/C40H31N.C6H6.C2H2/c1-4-30-36-23-27(26-17-18-29-21-28-12-6-7-14-32(28)34(29)22-26)19-20-40(36)41(38(30)5-2)39-16-10-11-25(3)31-13-8-9-15-33(31)35-24-37(35)39;1-2-4-6-5-3-1;1-2/h4-20,22-23,35,37H,1-3,21,24H2;1-6H;1-2H/b11-10-,39-16+;;. The Morgan fingerprint density at radius 3 is 2.04 bits per heavy atom. The van der Waals surface area contributed by atoms with Gasteiger partial charge in [0.05, 0.1) is 11.2 Å². The first-order chi connectivity index (χ1) is 24.2. The number of terminal acetylenes is 1. The Bertz CT molecular complexity index is 2280. The second kappa shape index (κ2) is 13.6. The zero-order valence-electron chi connectivity index (χ0n) is 27.7. The fraction of sp³-hybridized carbons (Fsp3) is 0.0833. The topological polar surface area (TPSA) is 4.93 Å². The van der Waals surface area contributed by atoms with Crippen molar-refractivity contribution in [3.05, 3.63) is 193 Å². The minimum absolute atomic E-state index is 0.440. The van der Waals surface area contributed by atoms with Crippen LogP contribution in [0, 0.1) is 18.8 Å². The van der Waals surface area contributed by atoms with Crippen LogP contribution in [0.1, 0.15) is 45.8 Å². The van der Waals surface area contributed by atoms with Crippen LogP contribution >= 0.6 is 0 Å². The molecule has 5 aromatic carbocycles. The molecule has 0 saturated heterocycles. The summed E-state index contributed by atoms with van der Waals surface area (Å²) in [6, 6.07) is 43.4. The van der Waals surface area contributed by atoms with Crippen molar-refractivity contribution in [1.29, 1.82) is 0 Å². The summed E-state index contributed by atoms with van der Waals surface area (Å²) in [7, 11) is 0. The van der Waals surface area contributed by atoms with Gasteiger partial charge in [-0.2, -0.15) is 0 Å².